The normalized spacial score (nSPS) is 34.3. The van der Waals surface area contributed by atoms with Gasteiger partial charge in [-0.25, -0.2) is 0 Å². The van der Waals surface area contributed by atoms with Crippen LogP contribution in [0.3, 0.4) is 0 Å². The number of primary amides is 1. The average Bonchev–Trinajstić information content (AvgIpc) is 3.02. The molecule has 3 heterocycles. The van der Waals surface area contributed by atoms with Gasteiger partial charge in [0.2, 0.25) is 11.8 Å². The van der Waals surface area contributed by atoms with Gasteiger partial charge in [0.1, 0.15) is 6.61 Å². The van der Waals surface area contributed by atoms with Gasteiger partial charge in [-0.2, -0.15) is 0 Å². The highest BCUT2D eigenvalue weighted by molar-refractivity contribution is 5.86. The first-order valence-electron chi connectivity index (χ1n) is 9.19. The Bertz CT molecular complexity index is 617. The summed E-state index contributed by atoms with van der Waals surface area (Å²) in [6.07, 6.45) is -1.80. The number of piperidine rings is 2. The van der Waals surface area contributed by atoms with Crippen molar-refractivity contribution in [3.8, 4) is 0 Å². The minimum Gasteiger partial charge on any atom is -0.368 e. The number of carbonyl (C=O) groups is 3. The van der Waals surface area contributed by atoms with E-state index >= 15 is 0 Å². The van der Waals surface area contributed by atoms with Crippen molar-refractivity contribution in [3.63, 3.8) is 0 Å². The van der Waals surface area contributed by atoms with Crippen molar-refractivity contribution < 1.29 is 32.3 Å². The molecular formula is C17H24F3N3O4. The maximum Gasteiger partial charge on any atom is 0.522 e. The van der Waals surface area contributed by atoms with E-state index in [0.29, 0.717) is 38.6 Å². The second-order valence-corrected chi connectivity index (χ2v) is 7.78. The Labute approximate surface area is 154 Å². The molecule has 3 saturated heterocycles. The van der Waals surface area contributed by atoms with Crippen LogP contribution in [-0.4, -0.2) is 48.7 Å². The Balaban J connectivity index is 1.82. The van der Waals surface area contributed by atoms with Crippen molar-refractivity contribution in [1.82, 2.24) is 10.6 Å². The lowest BCUT2D eigenvalue weighted by Crippen LogP contribution is -2.69. The molecule has 10 heteroatoms. The molecule has 4 fully saturated rings. The maximum atomic E-state index is 12.7. The van der Waals surface area contributed by atoms with Crippen molar-refractivity contribution in [2.75, 3.05) is 13.2 Å². The molecule has 4 N–H and O–H groups in total. The smallest absolute Gasteiger partial charge is 0.368 e. The van der Waals surface area contributed by atoms with Crippen molar-refractivity contribution in [2.45, 2.75) is 56.5 Å². The van der Waals surface area contributed by atoms with Gasteiger partial charge in [0.05, 0.1) is 6.04 Å². The van der Waals surface area contributed by atoms with Gasteiger partial charge < -0.3 is 11.1 Å². The van der Waals surface area contributed by atoms with E-state index in [0.717, 1.165) is 0 Å². The zero-order chi connectivity index (χ0) is 19.8. The summed E-state index contributed by atoms with van der Waals surface area (Å²) in [6.45, 7) is -0.619. The molecule has 3 aliphatic heterocycles. The van der Waals surface area contributed by atoms with E-state index in [-0.39, 0.29) is 18.2 Å². The number of amides is 2. The van der Waals surface area contributed by atoms with E-state index < -0.39 is 48.1 Å². The van der Waals surface area contributed by atoms with Crippen LogP contribution in [0.1, 0.15) is 38.5 Å². The lowest BCUT2D eigenvalue weighted by Gasteiger charge is -2.54. The van der Waals surface area contributed by atoms with Gasteiger partial charge in [0.25, 0.3) is 0 Å². The van der Waals surface area contributed by atoms with Crippen LogP contribution in [0.25, 0.3) is 0 Å². The molecule has 2 bridgehead atoms. The Morgan fingerprint density at radius 1 is 1.26 bits per heavy atom. The van der Waals surface area contributed by atoms with Crippen LogP contribution in [0.2, 0.25) is 0 Å². The number of fused-ring (bicyclic) bond motifs is 3. The first-order valence-corrected chi connectivity index (χ1v) is 9.19. The molecule has 0 spiro atoms. The van der Waals surface area contributed by atoms with Gasteiger partial charge in [0, 0.05) is 23.9 Å². The largest absolute Gasteiger partial charge is 0.522 e. The number of ether oxygens (including phenoxy) is 1. The SMILES string of the molecule is NC(=O)C1NC2([C@H](C[C@H]3CCNC3=O)C(=O)COC(F)(F)F)CCC1CC2. The predicted octanol–water partition coefficient (Wildman–Crippen LogP) is 0.620. The molecular weight excluding hydrogens is 367 g/mol. The van der Waals surface area contributed by atoms with Crippen LogP contribution in [0.15, 0.2) is 0 Å². The minimum atomic E-state index is -4.91. The number of hydrogen-bond donors (Lipinski definition) is 3. The topological polar surface area (TPSA) is 111 Å². The molecule has 1 unspecified atom stereocenters. The molecule has 2 amide bonds. The molecule has 4 rings (SSSR count). The molecule has 0 aromatic heterocycles. The molecule has 4 aliphatic rings. The molecule has 27 heavy (non-hydrogen) atoms. The van der Waals surface area contributed by atoms with Crippen LogP contribution in [-0.2, 0) is 19.1 Å². The fraction of sp³-hybridized carbons (Fsp3) is 0.824. The highest BCUT2D eigenvalue weighted by atomic mass is 19.4. The highest BCUT2D eigenvalue weighted by Crippen LogP contribution is 2.46. The highest BCUT2D eigenvalue weighted by Gasteiger charge is 2.54. The summed E-state index contributed by atoms with van der Waals surface area (Å²) in [4.78, 5) is 36.5. The number of ketones is 1. The first-order chi connectivity index (χ1) is 12.6. The molecule has 0 radical (unpaired) electrons. The van der Waals surface area contributed by atoms with Gasteiger partial charge in [-0.1, -0.05) is 0 Å². The summed E-state index contributed by atoms with van der Waals surface area (Å²) < 4.78 is 41.0. The van der Waals surface area contributed by atoms with Gasteiger partial charge in [-0.3, -0.25) is 24.4 Å². The Hall–Kier alpha value is -1.68. The van der Waals surface area contributed by atoms with Gasteiger partial charge >= 0.3 is 6.36 Å². The Kier molecular flexibility index (Phi) is 5.49. The minimum absolute atomic E-state index is 0.0707. The summed E-state index contributed by atoms with van der Waals surface area (Å²) in [5.74, 6) is -2.65. The van der Waals surface area contributed by atoms with Crippen molar-refractivity contribution in [3.05, 3.63) is 0 Å². The zero-order valence-electron chi connectivity index (χ0n) is 14.8. The monoisotopic (exact) mass is 391 g/mol. The summed E-state index contributed by atoms with van der Waals surface area (Å²) in [6, 6.07) is -0.608. The fourth-order valence-electron chi connectivity index (χ4n) is 4.89. The molecule has 0 aromatic rings. The van der Waals surface area contributed by atoms with Crippen molar-refractivity contribution in [1.29, 1.82) is 0 Å². The lowest BCUT2D eigenvalue weighted by atomic mass is 9.61. The van der Waals surface area contributed by atoms with E-state index in [9.17, 15) is 27.6 Å². The quantitative estimate of drug-likeness (QED) is 0.589. The van der Waals surface area contributed by atoms with E-state index in [2.05, 4.69) is 15.4 Å². The predicted molar refractivity (Wildman–Crippen MR) is 87.0 cm³/mol. The second kappa shape index (κ2) is 7.38. The summed E-state index contributed by atoms with van der Waals surface area (Å²) in [5.41, 5.74) is 4.64. The van der Waals surface area contributed by atoms with E-state index in [4.69, 9.17) is 5.73 Å². The summed E-state index contributed by atoms with van der Waals surface area (Å²) >= 11 is 0. The molecule has 0 aromatic carbocycles. The third-order valence-electron chi connectivity index (χ3n) is 6.26. The lowest BCUT2D eigenvalue weighted by molar-refractivity contribution is -0.321. The number of carbonyl (C=O) groups excluding carboxylic acids is 3. The molecule has 1 saturated carbocycles. The number of hydrogen-bond acceptors (Lipinski definition) is 5. The average molecular weight is 391 g/mol. The molecule has 152 valence electrons. The molecule has 1 aliphatic carbocycles. The van der Waals surface area contributed by atoms with E-state index in [1.54, 1.807) is 0 Å². The van der Waals surface area contributed by atoms with Crippen LogP contribution < -0.4 is 16.4 Å². The Morgan fingerprint density at radius 3 is 2.44 bits per heavy atom. The standard InChI is InChI=1S/C17H24F3N3O4/c18-17(19,20)27-8-12(24)11(7-10-3-6-22-15(10)26)16-4-1-9(2-5-16)13(23-16)14(21)25/h9-11,13,23H,1-8H2,(H2,21,25)(H,22,26)/t9?,10-,11-,13?,16?/m1/s1. The summed E-state index contributed by atoms with van der Waals surface area (Å²) in [5, 5.41) is 5.85. The number of nitrogens with two attached hydrogens (primary N) is 1. The second-order valence-electron chi connectivity index (χ2n) is 7.78. The first kappa shape index (κ1) is 20.1. The van der Waals surface area contributed by atoms with Gasteiger partial charge in [-0.15, -0.1) is 13.2 Å². The van der Waals surface area contributed by atoms with Crippen LogP contribution >= 0.6 is 0 Å². The van der Waals surface area contributed by atoms with Crippen LogP contribution in [0, 0.1) is 17.8 Å². The third kappa shape index (κ3) is 4.26. The zero-order valence-corrected chi connectivity index (χ0v) is 14.8. The van der Waals surface area contributed by atoms with Gasteiger partial charge in [0.15, 0.2) is 5.78 Å². The number of halogens is 3. The number of rotatable bonds is 7. The number of Topliss-reactive ketones (excluding diaryl/α,β-unsaturated/α-hetero) is 1. The number of nitrogens with one attached hydrogen (secondary N) is 2. The van der Waals surface area contributed by atoms with Crippen molar-refractivity contribution >= 4 is 17.6 Å². The molecule has 3 atom stereocenters. The van der Waals surface area contributed by atoms with Crippen molar-refractivity contribution in [2.24, 2.45) is 23.5 Å². The van der Waals surface area contributed by atoms with E-state index in [1.807, 2.05) is 0 Å². The third-order valence-corrected chi connectivity index (χ3v) is 6.26. The fourth-order valence-corrected chi connectivity index (χ4v) is 4.89. The number of alkyl halides is 3. The Morgan fingerprint density at radius 2 is 1.93 bits per heavy atom. The van der Waals surface area contributed by atoms with Crippen LogP contribution in [0.4, 0.5) is 13.2 Å². The van der Waals surface area contributed by atoms with Crippen LogP contribution in [0.5, 0.6) is 0 Å². The van der Waals surface area contributed by atoms with E-state index in [1.165, 1.54) is 0 Å². The maximum absolute atomic E-state index is 12.7. The van der Waals surface area contributed by atoms with Gasteiger partial charge in [-0.05, 0) is 44.4 Å². The summed E-state index contributed by atoms with van der Waals surface area (Å²) in [7, 11) is 0. The molecule has 7 nitrogen and oxygen atoms in total.